The second-order valence-electron chi connectivity index (χ2n) is 9.68. The Hall–Kier alpha value is -3.29. The van der Waals surface area contributed by atoms with Crippen molar-refractivity contribution in [3.05, 3.63) is 93.0 Å². The van der Waals surface area contributed by atoms with Crippen LogP contribution < -0.4 is 10.1 Å². The van der Waals surface area contributed by atoms with Crippen molar-refractivity contribution in [3.8, 4) is 5.75 Å². The summed E-state index contributed by atoms with van der Waals surface area (Å²) in [5.41, 5.74) is 4.65. The van der Waals surface area contributed by atoms with E-state index in [2.05, 4.69) is 48.4 Å². The standard InChI is InChI=1S/C27H29Cl2N5O2/c1-17-25(18(2)34(31-17)15-19-6-9-21(28)14-23(19)29)30-26(35)24-12-13-33(32-24)16-36-22-10-7-20(8-11-22)27(3,4)5/h6-14H,15-16H2,1-5H3,(H,30,35). The number of nitrogens with zero attached hydrogens (tertiary/aromatic N) is 4. The first-order chi connectivity index (χ1) is 17.0. The summed E-state index contributed by atoms with van der Waals surface area (Å²) in [5.74, 6) is 0.419. The van der Waals surface area contributed by atoms with Gasteiger partial charge in [-0.05, 0) is 60.7 Å². The van der Waals surface area contributed by atoms with Crippen LogP contribution in [0.25, 0.3) is 0 Å². The van der Waals surface area contributed by atoms with Gasteiger partial charge < -0.3 is 10.1 Å². The van der Waals surface area contributed by atoms with Gasteiger partial charge in [0.1, 0.15) is 5.75 Å². The van der Waals surface area contributed by atoms with Crippen molar-refractivity contribution in [1.82, 2.24) is 19.6 Å². The zero-order valence-electron chi connectivity index (χ0n) is 21.0. The topological polar surface area (TPSA) is 74.0 Å². The van der Waals surface area contributed by atoms with Crippen LogP contribution in [0.3, 0.4) is 0 Å². The molecule has 7 nitrogen and oxygen atoms in total. The summed E-state index contributed by atoms with van der Waals surface area (Å²) in [6, 6.07) is 15.0. The molecule has 1 N–H and O–H groups in total. The number of carbonyl (C=O) groups is 1. The summed E-state index contributed by atoms with van der Waals surface area (Å²) in [7, 11) is 0. The average Bonchev–Trinajstić information content (AvgIpc) is 3.40. The number of aromatic nitrogens is 4. The van der Waals surface area contributed by atoms with Crippen LogP contribution in [-0.2, 0) is 18.7 Å². The maximum atomic E-state index is 12.9. The normalized spacial score (nSPS) is 11.5. The van der Waals surface area contributed by atoms with E-state index in [9.17, 15) is 4.79 Å². The van der Waals surface area contributed by atoms with E-state index in [4.69, 9.17) is 27.9 Å². The SMILES string of the molecule is Cc1nn(Cc2ccc(Cl)cc2Cl)c(C)c1NC(=O)c1ccn(COc2ccc(C(C)(C)C)cc2)n1. The summed E-state index contributed by atoms with van der Waals surface area (Å²) in [6.07, 6.45) is 1.71. The molecule has 0 saturated heterocycles. The highest BCUT2D eigenvalue weighted by Gasteiger charge is 2.18. The smallest absolute Gasteiger partial charge is 0.276 e. The maximum Gasteiger partial charge on any atom is 0.276 e. The summed E-state index contributed by atoms with van der Waals surface area (Å²) >= 11 is 12.3. The molecule has 0 aliphatic heterocycles. The van der Waals surface area contributed by atoms with E-state index in [0.717, 1.165) is 17.0 Å². The Morgan fingerprint density at radius 3 is 2.42 bits per heavy atom. The molecule has 0 aliphatic carbocycles. The lowest BCUT2D eigenvalue weighted by atomic mass is 9.87. The van der Waals surface area contributed by atoms with E-state index in [1.807, 2.05) is 32.0 Å². The van der Waals surface area contributed by atoms with Gasteiger partial charge in [-0.15, -0.1) is 0 Å². The number of ether oxygens (including phenoxy) is 1. The van der Waals surface area contributed by atoms with Crippen molar-refractivity contribution >= 4 is 34.8 Å². The number of benzene rings is 2. The first kappa shape index (κ1) is 25.8. The lowest BCUT2D eigenvalue weighted by molar-refractivity contribution is 0.102. The summed E-state index contributed by atoms with van der Waals surface area (Å²) in [6.45, 7) is 10.9. The lowest BCUT2D eigenvalue weighted by Gasteiger charge is -2.19. The third-order valence-corrected chi connectivity index (χ3v) is 6.50. The molecule has 0 unspecified atom stereocenters. The van der Waals surface area contributed by atoms with Gasteiger partial charge in [0.15, 0.2) is 12.4 Å². The summed E-state index contributed by atoms with van der Waals surface area (Å²) in [5, 5.41) is 13.0. The number of anilines is 1. The van der Waals surface area contributed by atoms with Crippen molar-refractivity contribution in [3.63, 3.8) is 0 Å². The Balaban J connectivity index is 1.40. The van der Waals surface area contributed by atoms with E-state index in [0.29, 0.717) is 28.0 Å². The quantitative estimate of drug-likeness (QED) is 0.293. The number of rotatable bonds is 7. The molecule has 2 heterocycles. The predicted molar refractivity (Wildman–Crippen MR) is 143 cm³/mol. The van der Waals surface area contributed by atoms with E-state index >= 15 is 0 Å². The van der Waals surface area contributed by atoms with Gasteiger partial charge in [0.05, 0.1) is 23.6 Å². The van der Waals surface area contributed by atoms with Crippen LogP contribution in [0.5, 0.6) is 5.75 Å². The number of hydrogen-bond donors (Lipinski definition) is 1. The maximum absolute atomic E-state index is 12.9. The Morgan fingerprint density at radius 2 is 1.75 bits per heavy atom. The highest BCUT2D eigenvalue weighted by Crippen LogP contribution is 2.26. The van der Waals surface area contributed by atoms with E-state index < -0.39 is 0 Å². The fraction of sp³-hybridized carbons (Fsp3) is 0.296. The first-order valence-electron chi connectivity index (χ1n) is 11.6. The number of aryl methyl sites for hydroxylation is 1. The number of carbonyl (C=O) groups excluding carboxylic acids is 1. The van der Waals surface area contributed by atoms with Crippen molar-refractivity contribution in [2.75, 3.05) is 5.32 Å². The minimum atomic E-state index is -0.321. The Labute approximate surface area is 221 Å². The monoisotopic (exact) mass is 525 g/mol. The molecule has 2 aromatic heterocycles. The van der Waals surface area contributed by atoms with Gasteiger partial charge >= 0.3 is 0 Å². The molecule has 1 amide bonds. The van der Waals surface area contributed by atoms with Crippen LogP contribution >= 0.6 is 23.2 Å². The number of amides is 1. The van der Waals surface area contributed by atoms with Crippen LogP contribution in [0.4, 0.5) is 5.69 Å². The average molecular weight is 526 g/mol. The van der Waals surface area contributed by atoms with Gasteiger partial charge in [0, 0.05) is 16.2 Å². The molecule has 0 atom stereocenters. The summed E-state index contributed by atoms with van der Waals surface area (Å²) in [4.78, 5) is 12.9. The minimum Gasteiger partial charge on any atom is -0.471 e. The Morgan fingerprint density at radius 1 is 1.03 bits per heavy atom. The molecule has 188 valence electrons. The molecule has 0 bridgehead atoms. The van der Waals surface area contributed by atoms with Crippen LogP contribution in [0.2, 0.25) is 10.0 Å². The lowest BCUT2D eigenvalue weighted by Crippen LogP contribution is -2.15. The molecule has 0 aliphatic rings. The number of nitrogens with one attached hydrogen (secondary N) is 1. The third kappa shape index (κ3) is 5.91. The van der Waals surface area contributed by atoms with Gasteiger partial charge in [-0.2, -0.15) is 10.2 Å². The molecule has 0 saturated carbocycles. The molecule has 0 fully saturated rings. The third-order valence-electron chi connectivity index (χ3n) is 5.91. The van der Waals surface area contributed by atoms with E-state index in [1.54, 1.807) is 33.8 Å². The fourth-order valence-electron chi connectivity index (χ4n) is 3.77. The molecule has 9 heteroatoms. The largest absolute Gasteiger partial charge is 0.471 e. The van der Waals surface area contributed by atoms with Gasteiger partial charge in [-0.3, -0.25) is 9.48 Å². The highest BCUT2D eigenvalue weighted by atomic mass is 35.5. The number of halogens is 2. The zero-order chi connectivity index (χ0) is 26.0. The molecule has 0 spiro atoms. The van der Waals surface area contributed by atoms with Crippen LogP contribution in [-0.4, -0.2) is 25.5 Å². The fourth-order valence-corrected chi connectivity index (χ4v) is 4.24. The second kappa shape index (κ2) is 10.4. The van der Waals surface area contributed by atoms with Crippen LogP contribution in [0.15, 0.2) is 54.7 Å². The molecule has 2 aromatic carbocycles. The first-order valence-corrected chi connectivity index (χ1v) is 12.3. The van der Waals surface area contributed by atoms with E-state index in [-0.39, 0.29) is 23.7 Å². The van der Waals surface area contributed by atoms with Crippen molar-refractivity contribution in [2.45, 2.75) is 53.3 Å². The molecule has 4 rings (SSSR count). The van der Waals surface area contributed by atoms with Crippen molar-refractivity contribution in [2.24, 2.45) is 0 Å². The minimum absolute atomic E-state index is 0.0822. The van der Waals surface area contributed by atoms with Gasteiger partial charge in [0.25, 0.3) is 5.91 Å². The second-order valence-corrected chi connectivity index (χ2v) is 10.5. The summed E-state index contributed by atoms with van der Waals surface area (Å²) < 4.78 is 9.21. The van der Waals surface area contributed by atoms with Gasteiger partial charge in [0.2, 0.25) is 0 Å². The molecule has 4 aromatic rings. The van der Waals surface area contributed by atoms with Crippen molar-refractivity contribution in [1.29, 1.82) is 0 Å². The predicted octanol–water partition coefficient (Wildman–Crippen LogP) is 6.64. The van der Waals surface area contributed by atoms with E-state index in [1.165, 1.54) is 5.56 Å². The molecular formula is C27H29Cl2N5O2. The molecule has 36 heavy (non-hydrogen) atoms. The zero-order valence-corrected chi connectivity index (χ0v) is 22.5. The van der Waals surface area contributed by atoms with Crippen LogP contribution in [0, 0.1) is 13.8 Å². The van der Waals surface area contributed by atoms with Gasteiger partial charge in [-0.1, -0.05) is 62.2 Å². The molecule has 0 radical (unpaired) electrons. The Kier molecular flexibility index (Phi) is 7.43. The Bertz CT molecular complexity index is 1380. The number of hydrogen-bond acceptors (Lipinski definition) is 4. The van der Waals surface area contributed by atoms with Crippen molar-refractivity contribution < 1.29 is 9.53 Å². The highest BCUT2D eigenvalue weighted by molar-refractivity contribution is 6.35. The molecular weight excluding hydrogens is 497 g/mol. The van der Waals surface area contributed by atoms with Crippen LogP contribution in [0.1, 0.15) is 53.8 Å². The van der Waals surface area contributed by atoms with Gasteiger partial charge in [-0.25, -0.2) is 4.68 Å².